The summed E-state index contributed by atoms with van der Waals surface area (Å²) in [5.74, 6) is 1.70. The first kappa shape index (κ1) is 14.2. The highest BCUT2D eigenvalue weighted by molar-refractivity contribution is 5.40. The summed E-state index contributed by atoms with van der Waals surface area (Å²) in [5.41, 5.74) is 3.18. The second-order valence-corrected chi connectivity index (χ2v) is 4.89. The molecule has 0 radical (unpaired) electrons. The van der Waals surface area contributed by atoms with Crippen LogP contribution in [-0.4, -0.2) is 45.4 Å². The molecule has 0 fully saturated rings. The molecular weight excluding hydrogens is 254 g/mol. The van der Waals surface area contributed by atoms with Crippen molar-refractivity contribution >= 4 is 11.9 Å². The van der Waals surface area contributed by atoms with Crippen LogP contribution in [0.5, 0.6) is 0 Å². The van der Waals surface area contributed by atoms with Crippen LogP contribution in [0.2, 0.25) is 0 Å². The Bertz CT molecular complexity index is 615. The number of nitrogens with zero attached hydrogens (tertiary/aromatic N) is 6. The molecule has 2 aromatic heterocycles. The predicted molar refractivity (Wildman–Crippen MR) is 79.7 cm³/mol. The Morgan fingerprint density at radius 2 is 1.80 bits per heavy atom. The van der Waals surface area contributed by atoms with Crippen LogP contribution >= 0.6 is 0 Å². The van der Waals surface area contributed by atoms with E-state index in [4.69, 9.17) is 0 Å². The maximum absolute atomic E-state index is 4.50. The van der Waals surface area contributed by atoms with E-state index in [9.17, 15) is 0 Å². The molecule has 1 N–H and O–H groups in total. The van der Waals surface area contributed by atoms with E-state index in [0.29, 0.717) is 17.8 Å². The molecule has 20 heavy (non-hydrogen) atoms. The van der Waals surface area contributed by atoms with E-state index >= 15 is 0 Å². The molecule has 0 unspecified atom stereocenters. The number of hydrogen-bond acceptors (Lipinski definition) is 6. The molecule has 7 nitrogen and oxygen atoms in total. The number of rotatable bonds is 4. The average molecular weight is 275 g/mol. The fourth-order valence-electron chi connectivity index (χ4n) is 1.80. The standard InChI is InChI=1S/C13H21N7/c1-7-14-11-15-12(19(5)6)17-13(16-11)20-10(4)8(2)9(3)18-20/h7H2,1-6H3,(H,14,15,16,17). The molecule has 0 aliphatic carbocycles. The second-order valence-electron chi connectivity index (χ2n) is 4.89. The highest BCUT2D eigenvalue weighted by Gasteiger charge is 2.14. The minimum absolute atomic E-state index is 0.536. The van der Waals surface area contributed by atoms with Crippen LogP contribution in [-0.2, 0) is 0 Å². The lowest BCUT2D eigenvalue weighted by Crippen LogP contribution is -2.18. The van der Waals surface area contributed by atoms with Gasteiger partial charge in [-0.05, 0) is 33.3 Å². The number of aryl methyl sites for hydroxylation is 1. The topological polar surface area (TPSA) is 71.8 Å². The zero-order valence-electron chi connectivity index (χ0n) is 12.9. The molecule has 2 rings (SSSR count). The van der Waals surface area contributed by atoms with Crippen molar-refractivity contribution in [3.8, 4) is 5.95 Å². The summed E-state index contributed by atoms with van der Waals surface area (Å²) in [6, 6.07) is 0. The molecule has 0 aliphatic heterocycles. The third-order valence-corrected chi connectivity index (χ3v) is 3.19. The normalized spacial score (nSPS) is 10.7. The summed E-state index contributed by atoms with van der Waals surface area (Å²) in [4.78, 5) is 15.1. The minimum atomic E-state index is 0.536. The molecule has 2 heterocycles. The lowest BCUT2D eigenvalue weighted by Gasteiger charge is -2.13. The first-order chi connectivity index (χ1) is 9.43. The van der Waals surface area contributed by atoms with Gasteiger partial charge < -0.3 is 10.2 Å². The Hall–Kier alpha value is -2.18. The van der Waals surface area contributed by atoms with E-state index in [0.717, 1.165) is 23.5 Å². The van der Waals surface area contributed by atoms with Gasteiger partial charge in [-0.1, -0.05) is 0 Å². The van der Waals surface area contributed by atoms with Gasteiger partial charge in [-0.2, -0.15) is 20.1 Å². The average Bonchev–Trinajstić information content (AvgIpc) is 2.66. The minimum Gasteiger partial charge on any atom is -0.354 e. The molecule has 0 atom stereocenters. The molecule has 108 valence electrons. The van der Waals surface area contributed by atoms with Crippen molar-refractivity contribution in [2.45, 2.75) is 27.7 Å². The molecule has 7 heteroatoms. The zero-order valence-corrected chi connectivity index (χ0v) is 12.9. The second kappa shape index (κ2) is 5.44. The van der Waals surface area contributed by atoms with Gasteiger partial charge >= 0.3 is 0 Å². The Labute approximate surface area is 119 Å². The molecule has 0 aliphatic rings. The van der Waals surface area contributed by atoms with Gasteiger partial charge in [-0.3, -0.25) is 0 Å². The Balaban J connectivity index is 2.57. The summed E-state index contributed by atoms with van der Waals surface area (Å²) in [5, 5.41) is 7.62. The SMILES string of the molecule is CCNc1nc(N(C)C)nc(-n2nc(C)c(C)c2C)n1. The van der Waals surface area contributed by atoms with Crippen molar-refractivity contribution < 1.29 is 0 Å². The van der Waals surface area contributed by atoms with Gasteiger partial charge in [0.05, 0.1) is 5.69 Å². The molecule has 0 spiro atoms. The number of anilines is 2. The molecule has 0 aromatic carbocycles. The molecule has 0 bridgehead atoms. The third-order valence-electron chi connectivity index (χ3n) is 3.19. The van der Waals surface area contributed by atoms with E-state index in [1.807, 2.05) is 46.7 Å². The number of nitrogens with one attached hydrogen (secondary N) is 1. The van der Waals surface area contributed by atoms with Crippen LogP contribution in [0, 0.1) is 20.8 Å². The van der Waals surface area contributed by atoms with Crippen LogP contribution in [0.25, 0.3) is 5.95 Å². The Morgan fingerprint density at radius 1 is 1.10 bits per heavy atom. The van der Waals surface area contributed by atoms with Crippen molar-refractivity contribution in [1.82, 2.24) is 24.7 Å². The first-order valence-electron chi connectivity index (χ1n) is 6.64. The van der Waals surface area contributed by atoms with Gasteiger partial charge in [0.15, 0.2) is 0 Å². The van der Waals surface area contributed by atoms with Gasteiger partial charge in [0.1, 0.15) is 0 Å². The maximum atomic E-state index is 4.50. The van der Waals surface area contributed by atoms with Gasteiger partial charge in [-0.25, -0.2) is 4.68 Å². The van der Waals surface area contributed by atoms with Crippen LogP contribution in [0.1, 0.15) is 23.9 Å². The zero-order chi connectivity index (χ0) is 14.9. The molecular formula is C13H21N7. The Morgan fingerprint density at radius 3 is 2.30 bits per heavy atom. The van der Waals surface area contributed by atoms with Crippen LogP contribution in [0.4, 0.5) is 11.9 Å². The van der Waals surface area contributed by atoms with E-state index in [2.05, 4.69) is 25.4 Å². The lowest BCUT2D eigenvalue weighted by atomic mass is 10.2. The van der Waals surface area contributed by atoms with E-state index in [1.54, 1.807) is 4.68 Å². The fourth-order valence-corrected chi connectivity index (χ4v) is 1.80. The van der Waals surface area contributed by atoms with Crippen molar-refractivity contribution in [3.63, 3.8) is 0 Å². The van der Waals surface area contributed by atoms with Crippen molar-refractivity contribution in [3.05, 3.63) is 17.0 Å². The quantitative estimate of drug-likeness (QED) is 0.911. The monoisotopic (exact) mass is 275 g/mol. The summed E-state index contributed by atoms with van der Waals surface area (Å²) < 4.78 is 1.76. The largest absolute Gasteiger partial charge is 0.354 e. The van der Waals surface area contributed by atoms with Crippen molar-refractivity contribution in [1.29, 1.82) is 0 Å². The van der Waals surface area contributed by atoms with Crippen LogP contribution < -0.4 is 10.2 Å². The van der Waals surface area contributed by atoms with E-state index in [-0.39, 0.29) is 0 Å². The first-order valence-corrected chi connectivity index (χ1v) is 6.64. The van der Waals surface area contributed by atoms with Crippen molar-refractivity contribution in [2.75, 3.05) is 30.9 Å². The van der Waals surface area contributed by atoms with Gasteiger partial charge in [0.25, 0.3) is 5.95 Å². The van der Waals surface area contributed by atoms with E-state index < -0.39 is 0 Å². The van der Waals surface area contributed by atoms with Crippen LogP contribution in [0.15, 0.2) is 0 Å². The van der Waals surface area contributed by atoms with E-state index in [1.165, 1.54) is 0 Å². The van der Waals surface area contributed by atoms with Crippen molar-refractivity contribution in [2.24, 2.45) is 0 Å². The molecule has 0 saturated carbocycles. The maximum Gasteiger partial charge on any atom is 0.257 e. The summed E-state index contributed by atoms with van der Waals surface area (Å²) in [6.45, 7) is 8.81. The van der Waals surface area contributed by atoms with Crippen LogP contribution in [0.3, 0.4) is 0 Å². The molecule has 0 amide bonds. The molecule has 2 aromatic rings. The van der Waals surface area contributed by atoms with Gasteiger partial charge in [-0.15, -0.1) is 0 Å². The van der Waals surface area contributed by atoms with Gasteiger partial charge in [0.2, 0.25) is 11.9 Å². The summed E-state index contributed by atoms with van der Waals surface area (Å²) in [6.07, 6.45) is 0. The molecule has 0 saturated heterocycles. The Kier molecular flexibility index (Phi) is 3.87. The smallest absolute Gasteiger partial charge is 0.257 e. The number of hydrogen-bond donors (Lipinski definition) is 1. The highest BCUT2D eigenvalue weighted by atomic mass is 15.4. The predicted octanol–water partition coefficient (Wildman–Crippen LogP) is 1.48. The summed E-state index contributed by atoms with van der Waals surface area (Å²) in [7, 11) is 3.81. The highest BCUT2D eigenvalue weighted by Crippen LogP contribution is 2.16. The number of aromatic nitrogens is 5. The van der Waals surface area contributed by atoms with Gasteiger partial charge in [0, 0.05) is 26.3 Å². The lowest BCUT2D eigenvalue weighted by molar-refractivity contribution is 0.759. The third kappa shape index (κ3) is 2.56. The fraction of sp³-hybridized carbons (Fsp3) is 0.538. The summed E-state index contributed by atoms with van der Waals surface area (Å²) >= 11 is 0.